The van der Waals surface area contributed by atoms with Crippen LogP contribution in [0.25, 0.3) is 0 Å². The number of hydrogen-bond acceptors (Lipinski definition) is 2. The lowest BCUT2D eigenvalue weighted by Gasteiger charge is -2.15. The monoisotopic (exact) mass is 190 g/mol. The Bertz CT molecular complexity index is 301. The second kappa shape index (κ2) is 4.09. The molecule has 0 amide bonds. The van der Waals surface area contributed by atoms with Gasteiger partial charge in [-0.25, -0.2) is 0 Å². The SMILES string of the molecule is CC(C)c1ncccc1C1CCNC1. The highest BCUT2D eigenvalue weighted by Crippen LogP contribution is 2.28. The molecule has 1 atom stereocenters. The van der Waals surface area contributed by atoms with E-state index < -0.39 is 0 Å². The molecule has 2 rings (SSSR count). The van der Waals surface area contributed by atoms with Crippen LogP contribution in [-0.4, -0.2) is 18.1 Å². The van der Waals surface area contributed by atoms with Crippen molar-refractivity contribution in [2.24, 2.45) is 0 Å². The Labute approximate surface area is 85.7 Å². The minimum absolute atomic E-state index is 0.534. The molecule has 0 saturated carbocycles. The van der Waals surface area contributed by atoms with Crippen molar-refractivity contribution >= 4 is 0 Å². The number of pyridine rings is 1. The summed E-state index contributed by atoms with van der Waals surface area (Å²) in [5, 5.41) is 3.41. The van der Waals surface area contributed by atoms with E-state index in [0.717, 1.165) is 13.1 Å². The molecule has 0 radical (unpaired) electrons. The highest BCUT2D eigenvalue weighted by molar-refractivity contribution is 5.27. The minimum atomic E-state index is 0.534. The molecule has 1 fully saturated rings. The quantitative estimate of drug-likeness (QED) is 0.774. The van der Waals surface area contributed by atoms with E-state index in [9.17, 15) is 0 Å². The van der Waals surface area contributed by atoms with Crippen LogP contribution in [0.5, 0.6) is 0 Å². The molecule has 0 aliphatic carbocycles. The van der Waals surface area contributed by atoms with Gasteiger partial charge in [0.05, 0.1) is 0 Å². The van der Waals surface area contributed by atoms with E-state index in [1.54, 1.807) is 0 Å². The Morgan fingerprint density at radius 3 is 3.00 bits per heavy atom. The summed E-state index contributed by atoms with van der Waals surface area (Å²) in [5.74, 6) is 1.22. The van der Waals surface area contributed by atoms with Gasteiger partial charge >= 0.3 is 0 Å². The molecular weight excluding hydrogens is 172 g/mol. The lowest BCUT2D eigenvalue weighted by Crippen LogP contribution is -2.10. The molecule has 1 aliphatic rings. The molecule has 1 aliphatic heterocycles. The fraction of sp³-hybridized carbons (Fsp3) is 0.583. The number of aromatic nitrogens is 1. The first-order chi connectivity index (χ1) is 6.79. The second-order valence-electron chi connectivity index (χ2n) is 4.32. The molecule has 1 unspecified atom stereocenters. The van der Waals surface area contributed by atoms with E-state index in [2.05, 4.69) is 36.3 Å². The first-order valence-corrected chi connectivity index (χ1v) is 5.44. The van der Waals surface area contributed by atoms with Crippen molar-refractivity contribution in [3.63, 3.8) is 0 Å². The van der Waals surface area contributed by atoms with Crippen molar-refractivity contribution in [3.05, 3.63) is 29.6 Å². The van der Waals surface area contributed by atoms with E-state index in [4.69, 9.17) is 0 Å². The maximum Gasteiger partial charge on any atom is 0.0464 e. The third kappa shape index (κ3) is 1.80. The Balaban J connectivity index is 2.30. The predicted octanol–water partition coefficient (Wildman–Crippen LogP) is 2.28. The zero-order valence-electron chi connectivity index (χ0n) is 8.96. The largest absolute Gasteiger partial charge is 0.316 e. The van der Waals surface area contributed by atoms with Gasteiger partial charge in [-0.05, 0) is 36.4 Å². The van der Waals surface area contributed by atoms with Crippen molar-refractivity contribution < 1.29 is 0 Å². The Morgan fingerprint density at radius 1 is 1.50 bits per heavy atom. The van der Waals surface area contributed by atoms with Crippen LogP contribution in [0.3, 0.4) is 0 Å². The summed E-state index contributed by atoms with van der Waals surface area (Å²) in [5.41, 5.74) is 2.73. The van der Waals surface area contributed by atoms with E-state index >= 15 is 0 Å². The Morgan fingerprint density at radius 2 is 2.36 bits per heavy atom. The molecule has 2 heteroatoms. The molecule has 14 heavy (non-hydrogen) atoms. The van der Waals surface area contributed by atoms with Gasteiger partial charge in [-0.1, -0.05) is 19.9 Å². The molecule has 1 saturated heterocycles. The first-order valence-electron chi connectivity index (χ1n) is 5.44. The zero-order chi connectivity index (χ0) is 9.97. The summed E-state index contributed by atoms with van der Waals surface area (Å²) in [6, 6.07) is 4.29. The number of nitrogens with one attached hydrogen (secondary N) is 1. The zero-order valence-corrected chi connectivity index (χ0v) is 8.96. The predicted molar refractivity (Wildman–Crippen MR) is 58.6 cm³/mol. The molecule has 0 bridgehead atoms. The van der Waals surface area contributed by atoms with Crippen molar-refractivity contribution in [2.45, 2.75) is 32.1 Å². The van der Waals surface area contributed by atoms with Crippen molar-refractivity contribution in [1.82, 2.24) is 10.3 Å². The van der Waals surface area contributed by atoms with Crippen LogP contribution in [0.2, 0.25) is 0 Å². The van der Waals surface area contributed by atoms with Crippen molar-refractivity contribution in [3.8, 4) is 0 Å². The average molecular weight is 190 g/mol. The van der Waals surface area contributed by atoms with E-state index in [-0.39, 0.29) is 0 Å². The topological polar surface area (TPSA) is 24.9 Å². The fourth-order valence-corrected chi connectivity index (χ4v) is 2.18. The molecule has 2 heterocycles. The van der Waals surface area contributed by atoms with E-state index in [1.165, 1.54) is 17.7 Å². The first kappa shape index (κ1) is 9.66. The summed E-state index contributed by atoms with van der Waals surface area (Å²) in [6.45, 7) is 6.70. The van der Waals surface area contributed by atoms with Crippen molar-refractivity contribution in [2.75, 3.05) is 13.1 Å². The average Bonchev–Trinajstić information content (AvgIpc) is 2.70. The van der Waals surface area contributed by atoms with Gasteiger partial charge in [0, 0.05) is 18.4 Å². The molecule has 2 nitrogen and oxygen atoms in total. The number of rotatable bonds is 2. The third-order valence-corrected chi connectivity index (χ3v) is 2.92. The van der Waals surface area contributed by atoms with Gasteiger partial charge in [-0.3, -0.25) is 4.98 Å². The highest BCUT2D eigenvalue weighted by atomic mass is 14.9. The minimum Gasteiger partial charge on any atom is -0.316 e. The fourth-order valence-electron chi connectivity index (χ4n) is 2.18. The van der Waals surface area contributed by atoms with Crippen LogP contribution >= 0.6 is 0 Å². The van der Waals surface area contributed by atoms with Gasteiger partial charge in [0.15, 0.2) is 0 Å². The molecule has 1 aromatic rings. The van der Waals surface area contributed by atoms with Crippen LogP contribution in [0, 0.1) is 0 Å². The van der Waals surface area contributed by atoms with Crippen LogP contribution in [0.4, 0.5) is 0 Å². The Kier molecular flexibility index (Phi) is 2.82. The number of hydrogen-bond donors (Lipinski definition) is 1. The molecule has 1 N–H and O–H groups in total. The maximum atomic E-state index is 4.50. The van der Waals surface area contributed by atoms with E-state index in [1.807, 2.05) is 6.20 Å². The molecular formula is C12H18N2. The lowest BCUT2D eigenvalue weighted by atomic mass is 9.92. The smallest absolute Gasteiger partial charge is 0.0464 e. The summed E-state index contributed by atoms with van der Waals surface area (Å²) < 4.78 is 0. The van der Waals surface area contributed by atoms with Gasteiger partial charge in [0.25, 0.3) is 0 Å². The standard InChI is InChI=1S/C12H18N2/c1-9(2)12-11(4-3-6-14-12)10-5-7-13-8-10/h3-4,6,9-10,13H,5,7-8H2,1-2H3. The highest BCUT2D eigenvalue weighted by Gasteiger charge is 2.20. The van der Waals surface area contributed by atoms with Crippen molar-refractivity contribution in [1.29, 1.82) is 0 Å². The molecule has 0 aromatic carbocycles. The normalized spacial score (nSPS) is 21.8. The molecule has 76 valence electrons. The van der Waals surface area contributed by atoms with Gasteiger partial charge in [0.2, 0.25) is 0 Å². The van der Waals surface area contributed by atoms with Gasteiger partial charge < -0.3 is 5.32 Å². The lowest BCUT2D eigenvalue weighted by molar-refractivity contribution is 0.712. The maximum absolute atomic E-state index is 4.50. The molecule has 0 spiro atoms. The second-order valence-corrected chi connectivity index (χ2v) is 4.32. The van der Waals surface area contributed by atoms with Crippen LogP contribution in [0.1, 0.15) is 43.4 Å². The Hall–Kier alpha value is -0.890. The third-order valence-electron chi connectivity index (χ3n) is 2.92. The summed E-state index contributed by atoms with van der Waals surface area (Å²) >= 11 is 0. The van der Waals surface area contributed by atoms with Crippen LogP contribution in [0.15, 0.2) is 18.3 Å². The van der Waals surface area contributed by atoms with Crippen LogP contribution < -0.4 is 5.32 Å². The van der Waals surface area contributed by atoms with Gasteiger partial charge in [0.1, 0.15) is 0 Å². The number of nitrogens with zero attached hydrogens (tertiary/aromatic N) is 1. The summed E-state index contributed by atoms with van der Waals surface area (Å²) in [7, 11) is 0. The van der Waals surface area contributed by atoms with E-state index in [0.29, 0.717) is 11.8 Å². The molecule has 1 aromatic heterocycles. The van der Waals surface area contributed by atoms with Gasteiger partial charge in [-0.15, -0.1) is 0 Å². The summed E-state index contributed by atoms with van der Waals surface area (Å²) in [4.78, 5) is 4.50. The van der Waals surface area contributed by atoms with Gasteiger partial charge in [-0.2, -0.15) is 0 Å². The van der Waals surface area contributed by atoms with Crippen LogP contribution in [-0.2, 0) is 0 Å². The summed E-state index contributed by atoms with van der Waals surface area (Å²) in [6.07, 6.45) is 3.16.